The predicted octanol–water partition coefficient (Wildman–Crippen LogP) is 6.08. The smallest absolute Gasteiger partial charge is 0.352 e. The summed E-state index contributed by atoms with van der Waals surface area (Å²) in [5.41, 5.74) is 0.304. The minimum atomic E-state index is -4.73. The van der Waals surface area contributed by atoms with Crippen LogP contribution in [0.15, 0.2) is 83.8 Å². The molecule has 0 aliphatic heterocycles. The quantitative estimate of drug-likeness (QED) is 0.284. The van der Waals surface area contributed by atoms with Gasteiger partial charge in [0.25, 0.3) is 10.0 Å². The summed E-state index contributed by atoms with van der Waals surface area (Å²) in [6.07, 6.45) is -0.802. The van der Waals surface area contributed by atoms with E-state index in [9.17, 15) is 31.2 Å². The molecule has 230 valence electrons. The van der Waals surface area contributed by atoms with E-state index in [0.717, 1.165) is 48.9 Å². The highest BCUT2D eigenvalue weighted by atomic mass is 32.2. The minimum absolute atomic E-state index is 0.00228. The second kappa shape index (κ2) is 13.6. The molecule has 1 saturated carbocycles. The standard InChI is InChI=1S/C32H36F3N3O4S/c1-3-29(31(40)36-26-14-7-8-15-26)37(21-24-12-9-11-23(2)19-24)30(39)22-38(43(41,42)28-17-5-4-6-18-28)27-16-10-13-25(20-27)32(33,34)35/h4-6,9-13,16-20,26,29H,3,7-8,14-15,21-22H2,1-2H3,(H,36,40)/t29-/m1/s1. The van der Waals surface area contributed by atoms with Crippen molar-refractivity contribution in [2.24, 2.45) is 0 Å². The number of hydrogen-bond donors (Lipinski definition) is 1. The van der Waals surface area contributed by atoms with Crippen molar-refractivity contribution >= 4 is 27.5 Å². The fraction of sp³-hybridized carbons (Fsp3) is 0.375. The number of carbonyl (C=O) groups is 2. The molecule has 1 aliphatic carbocycles. The lowest BCUT2D eigenvalue weighted by molar-refractivity contribution is -0.140. The molecule has 0 unspecified atom stereocenters. The van der Waals surface area contributed by atoms with Gasteiger partial charge in [0.1, 0.15) is 12.6 Å². The molecule has 0 saturated heterocycles. The van der Waals surface area contributed by atoms with Gasteiger partial charge in [-0.15, -0.1) is 0 Å². The van der Waals surface area contributed by atoms with Crippen molar-refractivity contribution in [3.63, 3.8) is 0 Å². The van der Waals surface area contributed by atoms with E-state index in [1.165, 1.54) is 35.2 Å². The maximum absolute atomic E-state index is 14.1. The Balaban J connectivity index is 1.75. The molecule has 1 N–H and O–H groups in total. The average Bonchev–Trinajstić information content (AvgIpc) is 3.48. The number of hydrogen-bond acceptors (Lipinski definition) is 4. The molecule has 3 aromatic rings. The highest BCUT2D eigenvalue weighted by Crippen LogP contribution is 2.33. The highest BCUT2D eigenvalue weighted by Gasteiger charge is 2.36. The molecule has 7 nitrogen and oxygen atoms in total. The number of sulfonamides is 1. The maximum atomic E-state index is 14.1. The van der Waals surface area contributed by atoms with Gasteiger partial charge in [-0.25, -0.2) is 8.42 Å². The molecule has 11 heteroatoms. The number of carbonyl (C=O) groups excluding carboxylic acids is 2. The number of nitrogens with one attached hydrogen (secondary N) is 1. The fourth-order valence-corrected chi connectivity index (χ4v) is 6.81. The van der Waals surface area contributed by atoms with Gasteiger partial charge in [0.05, 0.1) is 16.1 Å². The monoisotopic (exact) mass is 615 g/mol. The molecule has 2 amide bonds. The van der Waals surface area contributed by atoms with E-state index in [1.807, 2.05) is 25.1 Å². The molecule has 0 spiro atoms. The van der Waals surface area contributed by atoms with E-state index >= 15 is 0 Å². The highest BCUT2D eigenvalue weighted by molar-refractivity contribution is 7.92. The van der Waals surface area contributed by atoms with Gasteiger partial charge < -0.3 is 10.2 Å². The lowest BCUT2D eigenvalue weighted by atomic mass is 10.1. The van der Waals surface area contributed by atoms with Crippen LogP contribution in [0, 0.1) is 6.92 Å². The number of benzene rings is 3. The van der Waals surface area contributed by atoms with E-state index in [0.29, 0.717) is 10.4 Å². The first-order valence-corrected chi connectivity index (χ1v) is 15.7. The van der Waals surface area contributed by atoms with Crippen molar-refractivity contribution in [3.05, 3.63) is 95.6 Å². The average molecular weight is 616 g/mol. The van der Waals surface area contributed by atoms with Crippen LogP contribution >= 0.6 is 0 Å². The topological polar surface area (TPSA) is 86.8 Å². The Labute approximate surface area is 250 Å². The van der Waals surface area contributed by atoms with Crippen molar-refractivity contribution in [1.29, 1.82) is 0 Å². The van der Waals surface area contributed by atoms with Gasteiger partial charge in [-0.2, -0.15) is 13.2 Å². The Kier molecular flexibility index (Phi) is 10.2. The molecule has 43 heavy (non-hydrogen) atoms. The van der Waals surface area contributed by atoms with Crippen LogP contribution in [0.25, 0.3) is 0 Å². The number of aryl methyl sites for hydroxylation is 1. The van der Waals surface area contributed by atoms with Gasteiger partial charge in [0, 0.05) is 12.6 Å². The molecule has 1 atom stereocenters. The summed E-state index contributed by atoms with van der Waals surface area (Å²) in [5.74, 6) is -1.06. The Morgan fingerprint density at radius 2 is 1.63 bits per heavy atom. The number of halogens is 3. The molecular formula is C32H36F3N3O4S. The van der Waals surface area contributed by atoms with Crippen molar-refractivity contribution in [1.82, 2.24) is 10.2 Å². The largest absolute Gasteiger partial charge is 0.416 e. The normalized spacial score (nSPS) is 14.7. The van der Waals surface area contributed by atoms with E-state index in [-0.39, 0.29) is 35.5 Å². The van der Waals surface area contributed by atoms with Gasteiger partial charge >= 0.3 is 6.18 Å². The number of alkyl halides is 3. The first kappa shape index (κ1) is 32.1. The molecule has 0 aromatic heterocycles. The molecular weight excluding hydrogens is 579 g/mol. The van der Waals surface area contributed by atoms with E-state index in [4.69, 9.17) is 0 Å². The molecule has 1 fully saturated rings. The summed E-state index contributed by atoms with van der Waals surface area (Å²) in [6.45, 7) is 2.86. The SMILES string of the molecule is CC[C@H](C(=O)NC1CCCC1)N(Cc1cccc(C)c1)C(=O)CN(c1cccc(C(F)(F)F)c1)S(=O)(=O)c1ccccc1. The van der Waals surface area contributed by atoms with E-state index in [1.54, 1.807) is 19.1 Å². The summed E-state index contributed by atoms with van der Waals surface area (Å²) < 4.78 is 69.3. The third-order valence-corrected chi connectivity index (χ3v) is 9.38. The van der Waals surface area contributed by atoms with Crippen LogP contribution in [0.5, 0.6) is 0 Å². The Hall–Kier alpha value is -3.86. The van der Waals surface area contributed by atoms with Crippen LogP contribution < -0.4 is 9.62 Å². The Bertz CT molecular complexity index is 1520. The Morgan fingerprint density at radius 3 is 2.26 bits per heavy atom. The Morgan fingerprint density at radius 1 is 0.953 bits per heavy atom. The fourth-order valence-electron chi connectivity index (χ4n) is 5.38. The lowest BCUT2D eigenvalue weighted by Gasteiger charge is -2.34. The van der Waals surface area contributed by atoms with E-state index in [2.05, 4.69) is 5.32 Å². The van der Waals surface area contributed by atoms with Crippen LogP contribution in [-0.2, 0) is 32.3 Å². The minimum Gasteiger partial charge on any atom is -0.352 e. The maximum Gasteiger partial charge on any atom is 0.416 e. The van der Waals surface area contributed by atoms with Crippen LogP contribution in [0.2, 0.25) is 0 Å². The van der Waals surface area contributed by atoms with Gasteiger partial charge in [-0.3, -0.25) is 13.9 Å². The van der Waals surface area contributed by atoms with Crippen molar-refractivity contribution in [3.8, 4) is 0 Å². The molecule has 0 bridgehead atoms. The van der Waals surface area contributed by atoms with Crippen LogP contribution in [0.4, 0.5) is 18.9 Å². The number of anilines is 1. The number of amides is 2. The molecule has 3 aromatic carbocycles. The zero-order valence-electron chi connectivity index (χ0n) is 24.2. The van der Waals surface area contributed by atoms with Crippen molar-refractivity contribution < 1.29 is 31.2 Å². The molecule has 0 radical (unpaired) electrons. The van der Waals surface area contributed by atoms with Gasteiger partial charge in [-0.05, 0) is 62.1 Å². The first-order chi connectivity index (χ1) is 20.4. The molecule has 4 rings (SSSR count). The summed E-state index contributed by atoms with van der Waals surface area (Å²) in [6, 6.07) is 17.5. The summed E-state index contributed by atoms with van der Waals surface area (Å²) in [5, 5.41) is 3.04. The summed E-state index contributed by atoms with van der Waals surface area (Å²) >= 11 is 0. The second-order valence-electron chi connectivity index (χ2n) is 10.8. The number of nitrogens with zero attached hydrogens (tertiary/aromatic N) is 2. The van der Waals surface area contributed by atoms with Gasteiger partial charge in [0.2, 0.25) is 11.8 Å². The van der Waals surface area contributed by atoms with Crippen LogP contribution in [-0.4, -0.2) is 43.8 Å². The predicted molar refractivity (Wildman–Crippen MR) is 159 cm³/mol. The second-order valence-corrected chi connectivity index (χ2v) is 12.7. The van der Waals surface area contributed by atoms with Crippen molar-refractivity contribution in [2.45, 2.75) is 75.7 Å². The van der Waals surface area contributed by atoms with Gasteiger partial charge in [0.15, 0.2) is 0 Å². The summed E-state index contributed by atoms with van der Waals surface area (Å²) in [4.78, 5) is 28.8. The zero-order valence-corrected chi connectivity index (χ0v) is 25.0. The third kappa shape index (κ3) is 7.95. The first-order valence-electron chi connectivity index (χ1n) is 14.3. The van der Waals surface area contributed by atoms with Crippen LogP contribution in [0.3, 0.4) is 0 Å². The van der Waals surface area contributed by atoms with Crippen molar-refractivity contribution in [2.75, 3.05) is 10.8 Å². The van der Waals surface area contributed by atoms with Crippen LogP contribution in [0.1, 0.15) is 55.7 Å². The lowest BCUT2D eigenvalue weighted by Crippen LogP contribution is -2.53. The zero-order chi connectivity index (χ0) is 31.2. The molecule has 0 heterocycles. The number of rotatable bonds is 11. The molecule has 1 aliphatic rings. The third-order valence-electron chi connectivity index (χ3n) is 7.59. The van der Waals surface area contributed by atoms with E-state index < -0.39 is 40.3 Å². The summed E-state index contributed by atoms with van der Waals surface area (Å²) in [7, 11) is -4.48. The van der Waals surface area contributed by atoms with Gasteiger partial charge in [-0.1, -0.05) is 73.9 Å².